The number of halogens is 1. The Hall–Kier alpha value is -12.8. The average Bonchev–Trinajstić information content (AvgIpc) is 1.34. The van der Waals surface area contributed by atoms with E-state index < -0.39 is 12.1 Å². The fourth-order valence-corrected chi connectivity index (χ4v) is 15.1. The highest BCUT2D eigenvalue weighted by atomic mass is 79.9. The molecule has 2 heterocycles. The van der Waals surface area contributed by atoms with Crippen molar-refractivity contribution in [3.8, 4) is 33.6 Å². The number of anilines is 5. The van der Waals surface area contributed by atoms with Crippen molar-refractivity contribution in [2.45, 2.75) is 0 Å². The third-order valence-corrected chi connectivity index (χ3v) is 19.7. The maximum absolute atomic E-state index is 9.17. The largest absolute Gasteiger partial charge is 0.356 e. The fraction of sp³-hybridized carbons (Fsp3) is 0. The predicted octanol–water partition coefficient (Wildman–Crippen LogP) is 27.5. The van der Waals surface area contributed by atoms with Crippen molar-refractivity contribution in [2.24, 2.45) is 0 Å². The maximum Gasteiger partial charge on any atom is 0.0645 e. The van der Waals surface area contributed by atoms with E-state index in [1.165, 1.54) is 44.0 Å². The molecule has 0 saturated carbocycles. The summed E-state index contributed by atoms with van der Waals surface area (Å²) in [6.45, 7) is 0. The first-order valence-corrected chi connectivity index (χ1v) is 34.4. The van der Waals surface area contributed by atoms with Crippen molar-refractivity contribution >= 4 is 153 Å². The van der Waals surface area contributed by atoms with Crippen LogP contribution in [0.3, 0.4) is 0 Å². The lowest BCUT2D eigenvalue weighted by molar-refractivity contribution is 1.18. The van der Waals surface area contributed by atoms with Crippen LogP contribution in [0, 0.1) is 0 Å². The van der Waals surface area contributed by atoms with Crippen molar-refractivity contribution in [1.82, 2.24) is 9.13 Å². The smallest absolute Gasteiger partial charge is 0.0645 e. The third-order valence-electron chi connectivity index (χ3n) is 19.2. The number of rotatable bonds is 9. The molecule has 0 aliphatic carbocycles. The van der Waals surface area contributed by atoms with E-state index in [4.69, 9.17) is 13.7 Å². The number of hydrogen-bond donors (Lipinski definition) is 1. The van der Waals surface area contributed by atoms with E-state index in [0.29, 0.717) is 17.1 Å². The van der Waals surface area contributed by atoms with Crippen LogP contribution in [0.2, 0.25) is 0 Å². The lowest BCUT2D eigenvalue weighted by Gasteiger charge is -2.26. The number of benzene rings is 18. The summed E-state index contributed by atoms with van der Waals surface area (Å²) in [6.07, 6.45) is 0. The zero-order valence-electron chi connectivity index (χ0n) is 64.4. The highest BCUT2D eigenvalue weighted by Gasteiger charge is 2.20. The van der Waals surface area contributed by atoms with Crippen LogP contribution in [0.15, 0.2) is 392 Å². The number of aromatic nitrogens is 2. The van der Waals surface area contributed by atoms with Crippen LogP contribution in [0.1, 0.15) is 13.7 Å². The molecule has 0 spiro atoms. The van der Waals surface area contributed by atoms with Gasteiger partial charge in [0.1, 0.15) is 0 Å². The molecule has 0 atom stereocenters. The minimum atomic E-state index is -0.427. The fourth-order valence-electron chi connectivity index (χ4n) is 14.7. The minimum Gasteiger partial charge on any atom is -0.356 e. The second-order valence-electron chi connectivity index (χ2n) is 25.0. The Kier molecular flexibility index (Phi) is 13.1. The molecule has 0 saturated heterocycles. The predicted molar refractivity (Wildman–Crippen MR) is 436 cm³/mol. The van der Waals surface area contributed by atoms with E-state index in [9.17, 15) is 0 Å². The van der Waals surface area contributed by atoms with Crippen LogP contribution >= 0.6 is 15.9 Å². The first-order valence-electron chi connectivity index (χ1n) is 38.6. The molecule has 101 heavy (non-hydrogen) atoms. The van der Waals surface area contributed by atoms with Gasteiger partial charge < -0.3 is 19.4 Å². The number of nitrogens with one attached hydrogen (secondary N) is 1. The van der Waals surface area contributed by atoms with Gasteiger partial charge in [0.05, 0.1) is 35.8 Å². The molecule has 1 N–H and O–H groups in total. The van der Waals surface area contributed by atoms with Gasteiger partial charge in [0.2, 0.25) is 0 Å². The summed E-state index contributed by atoms with van der Waals surface area (Å²) in [5.74, 6) is 0. The quantitative estimate of drug-likeness (QED) is 0.146. The van der Waals surface area contributed by atoms with Gasteiger partial charge in [-0.3, -0.25) is 0 Å². The summed E-state index contributed by atoms with van der Waals surface area (Å²) in [6, 6.07) is 110. The Labute approximate surface area is 608 Å². The molecule has 18 aromatic carbocycles. The van der Waals surface area contributed by atoms with E-state index in [1.807, 2.05) is 114 Å². The van der Waals surface area contributed by atoms with Gasteiger partial charge in [-0.25, -0.2) is 0 Å². The number of para-hydroxylation sites is 4. The first-order chi connectivity index (χ1) is 54.2. The summed E-state index contributed by atoms with van der Waals surface area (Å²) in [4.78, 5) is 1.82. The van der Waals surface area contributed by atoms with E-state index in [2.05, 4.69) is 249 Å². The van der Waals surface area contributed by atoms with Crippen LogP contribution in [-0.4, -0.2) is 9.13 Å². The molecular formula is C96H65BrN4. The minimum absolute atomic E-state index is 0.0745. The van der Waals surface area contributed by atoms with Gasteiger partial charge in [0, 0.05) is 65.8 Å². The van der Waals surface area contributed by atoms with Crippen molar-refractivity contribution in [3.63, 3.8) is 0 Å². The molecule has 0 fully saturated rings. The third kappa shape index (κ3) is 11.3. The summed E-state index contributed by atoms with van der Waals surface area (Å²) < 4.78 is 89.6. The lowest BCUT2D eigenvalue weighted by Crippen LogP contribution is -2.10. The van der Waals surface area contributed by atoms with Gasteiger partial charge in [0.15, 0.2) is 0 Å². The molecule has 2 aromatic heterocycles. The van der Waals surface area contributed by atoms with Gasteiger partial charge in [-0.05, 0) is 196 Å². The van der Waals surface area contributed by atoms with Gasteiger partial charge in [0.25, 0.3) is 0 Å². The molecule has 0 unspecified atom stereocenters. The lowest BCUT2D eigenvalue weighted by atomic mass is 9.94. The summed E-state index contributed by atoms with van der Waals surface area (Å²) in [5, 5.41) is 21.1. The van der Waals surface area contributed by atoms with E-state index in [0.717, 1.165) is 102 Å². The van der Waals surface area contributed by atoms with Crippen molar-refractivity contribution < 1.29 is 13.7 Å². The SMILES string of the molecule is Brc1ccc2c3ccccc3n(-c3ccc(-c4ccccc4)cc3)c2c1.[2H]c1c([2H])c([2H])c(N(c2ccc3c4ccccc4c4ccccc4c3c2)c2ccc3c4ccccc4n(-c4ccc(-c5ccccc5)cc4)c3c2)c([2H])c1[2H].[2H]c1c([2H])c([2H])c(Nc2ccc3c4ccccc4c4ccccc4c3c2)c([2H])c1[2H]. The average molecular weight is 1360 g/mol. The second-order valence-corrected chi connectivity index (χ2v) is 25.9. The Morgan fingerprint density at radius 2 is 0.574 bits per heavy atom. The zero-order chi connectivity index (χ0) is 75.9. The summed E-state index contributed by atoms with van der Waals surface area (Å²) in [5.41, 5.74) is 13.5. The number of nitrogens with zero attached hydrogens (tertiary/aromatic N) is 3. The van der Waals surface area contributed by atoms with Crippen LogP contribution in [0.5, 0.6) is 0 Å². The van der Waals surface area contributed by atoms with E-state index in [-0.39, 0.29) is 59.7 Å². The number of hydrogen-bond acceptors (Lipinski definition) is 2. The zero-order valence-corrected chi connectivity index (χ0v) is 56.0. The normalized spacial score (nSPS) is 12.8. The second kappa shape index (κ2) is 26.2. The highest BCUT2D eigenvalue weighted by molar-refractivity contribution is 9.10. The highest BCUT2D eigenvalue weighted by Crippen LogP contribution is 2.44. The molecular weight excluding hydrogens is 1290 g/mol. The van der Waals surface area contributed by atoms with Gasteiger partial charge in [-0.2, -0.15) is 0 Å². The summed E-state index contributed by atoms with van der Waals surface area (Å²) >= 11 is 3.63. The van der Waals surface area contributed by atoms with Crippen LogP contribution in [0.4, 0.5) is 28.4 Å². The topological polar surface area (TPSA) is 25.1 Å². The molecule has 476 valence electrons. The van der Waals surface area contributed by atoms with Crippen molar-refractivity contribution in [3.05, 3.63) is 392 Å². The monoisotopic (exact) mass is 1360 g/mol. The summed E-state index contributed by atoms with van der Waals surface area (Å²) in [7, 11) is 0. The van der Waals surface area contributed by atoms with Crippen molar-refractivity contribution in [2.75, 3.05) is 10.2 Å². The molecule has 0 radical (unpaired) electrons. The van der Waals surface area contributed by atoms with Gasteiger partial charge >= 0.3 is 0 Å². The van der Waals surface area contributed by atoms with Crippen LogP contribution in [0.25, 0.3) is 142 Å². The number of fused-ring (bicyclic) bond motifs is 18. The molecule has 20 rings (SSSR count). The van der Waals surface area contributed by atoms with Crippen LogP contribution in [-0.2, 0) is 0 Å². The Morgan fingerprint density at radius 3 is 1.05 bits per heavy atom. The van der Waals surface area contributed by atoms with Crippen molar-refractivity contribution in [1.29, 1.82) is 0 Å². The van der Waals surface area contributed by atoms with E-state index in [1.54, 1.807) is 0 Å². The molecule has 0 aliphatic rings. The molecule has 0 amide bonds. The molecule has 4 nitrogen and oxygen atoms in total. The van der Waals surface area contributed by atoms with Gasteiger partial charge in [-0.1, -0.05) is 295 Å². The Morgan fingerprint density at radius 1 is 0.238 bits per heavy atom. The molecule has 20 aromatic rings. The van der Waals surface area contributed by atoms with E-state index >= 15 is 0 Å². The molecule has 0 aliphatic heterocycles. The molecule has 5 heteroatoms. The Balaban J connectivity index is 0.000000129. The maximum atomic E-state index is 9.17. The Bertz CT molecular complexity index is 7000. The standard InChI is InChI=1S/C48H32N2.C24H16BrN.C24H17N/c1-3-13-33(14-4-1)34-23-25-36(26-24-34)50-47-22-12-11-21-44(47)45-30-28-38(32-48(45)50)49(35-15-5-2-6-16-35)37-27-29-43-41-19-8-7-17-39(41)40-18-9-10-20-42(40)46(43)31-37;25-19-12-15-22-21-8-4-5-9-23(21)26(24(22)16-19)20-13-10-18(11-14-20)17-6-2-1-3-7-17;1-2-8-17(9-3-1)25-18-14-15-23-21-12-5-4-10-19(21)20-11-6-7-13-22(20)24(23)16-18/h1-32H;1-16H;1-16,25H/i2D,5D,6D,15D,16D;;1D,2D,3D,8D,9D. The van der Waals surface area contributed by atoms with Gasteiger partial charge in [-0.15, -0.1) is 0 Å². The first kappa shape index (κ1) is 50.5. The van der Waals surface area contributed by atoms with Crippen LogP contribution < -0.4 is 10.2 Å². The molecule has 0 bridgehead atoms.